The number of nitrogens with two attached hydrogens (primary N) is 1. The van der Waals surface area contributed by atoms with Gasteiger partial charge in [-0.1, -0.05) is 145 Å². The van der Waals surface area contributed by atoms with E-state index in [1.807, 2.05) is 0 Å². The molecule has 2 aromatic carbocycles. The van der Waals surface area contributed by atoms with Crippen molar-refractivity contribution in [1.82, 2.24) is 0 Å². The Balaban J connectivity index is 1.84. The summed E-state index contributed by atoms with van der Waals surface area (Å²) in [7, 11) is 0. The van der Waals surface area contributed by atoms with Crippen molar-refractivity contribution in [2.75, 3.05) is 0 Å². The predicted octanol–water partition coefficient (Wildman–Crippen LogP) is 10.1. The Labute approximate surface area is 218 Å². The smallest absolute Gasteiger partial charge is 0.0154 e. The number of rotatable bonds is 20. The van der Waals surface area contributed by atoms with Crippen LogP contribution in [0, 0.1) is 5.41 Å². The van der Waals surface area contributed by atoms with Gasteiger partial charge in [0.25, 0.3) is 0 Å². The summed E-state index contributed by atoms with van der Waals surface area (Å²) in [6, 6.07) is 22.0. The van der Waals surface area contributed by atoms with Gasteiger partial charge in [-0.05, 0) is 62.5 Å². The Kier molecular flexibility index (Phi) is 14.4. The molecule has 0 radical (unpaired) electrons. The SMILES string of the molecule is CCCCCCCCCCCCCCC(CCc1ccccc1)(CCc1ccccc1)C(C)(C)N. The van der Waals surface area contributed by atoms with Gasteiger partial charge < -0.3 is 5.73 Å². The van der Waals surface area contributed by atoms with E-state index >= 15 is 0 Å². The molecule has 0 heterocycles. The second-order valence-corrected chi connectivity index (χ2v) is 11.6. The molecule has 0 aliphatic rings. The normalized spacial score (nSPS) is 12.2. The van der Waals surface area contributed by atoms with Gasteiger partial charge >= 0.3 is 0 Å². The van der Waals surface area contributed by atoms with E-state index in [0.717, 1.165) is 12.8 Å². The third-order valence-electron chi connectivity index (χ3n) is 8.35. The average molecular weight is 478 g/mol. The van der Waals surface area contributed by atoms with Crippen LogP contribution < -0.4 is 5.73 Å². The van der Waals surface area contributed by atoms with Gasteiger partial charge in [0, 0.05) is 5.54 Å². The van der Waals surface area contributed by atoms with Crippen molar-refractivity contribution >= 4 is 0 Å². The minimum Gasteiger partial charge on any atom is -0.325 e. The summed E-state index contributed by atoms with van der Waals surface area (Å²) in [6.07, 6.45) is 22.6. The summed E-state index contributed by atoms with van der Waals surface area (Å²) in [5, 5.41) is 0. The number of aryl methyl sites for hydroxylation is 2. The third kappa shape index (κ3) is 11.8. The first-order valence-corrected chi connectivity index (χ1v) is 14.8. The number of unbranched alkanes of at least 4 members (excludes halogenated alkanes) is 11. The monoisotopic (exact) mass is 477 g/mol. The lowest BCUT2D eigenvalue weighted by Crippen LogP contribution is -2.51. The molecule has 0 amide bonds. The topological polar surface area (TPSA) is 26.0 Å². The lowest BCUT2D eigenvalue weighted by Gasteiger charge is -2.46. The van der Waals surface area contributed by atoms with Crippen LogP contribution in [0.15, 0.2) is 60.7 Å². The zero-order chi connectivity index (χ0) is 25.2. The van der Waals surface area contributed by atoms with Gasteiger partial charge in [-0.15, -0.1) is 0 Å². The van der Waals surface area contributed by atoms with Crippen LogP contribution in [0.25, 0.3) is 0 Å². The zero-order valence-corrected chi connectivity index (χ0v) is 23.4. The maximum Gasteiger partial charge on any atom is 0.0154 e. The molecule has 0 unspecified atom stereocenters. The third-order valence-corrected chi connectivity index (χ3v) is 8.35. The predicted molar refractivity (Wildman–Crippen MR) is 156 cm³/mol. The molecule has 35 heavy (non-hydrogen) atoms. The van der Waals surface area contributed by atoms with E-state index in [1.165, 1.54) is 107 Å². The molecule has 196 valence electrons. The highest BCUT2D eigenvalue weighted by molar-refractivity contribution is 5.17. The molecule has 0 aliphatic heterocycles. The molecule has 1 nitrogen and oxygen atoms in total. The summed E-state index contributed by atoms with van der Waals surface area (Å²) in [6.45, 7) is 6.86. The quantitative estimate of drug-likeness (QED) is 0.189. The minimum absolute atomic E-state index is 0.164. The van der Waals surface area contributed by atoms with E-state index < -0.39 is 0 Å². The van der Waals surface area contributed by atoms with Crippen LogP contribution in [0.1, 0.15) is 128 Å². The maximum atomic E-state index is 6.98. The molecular formula is C34H55N. The van der Waals surface area contributed by atoms with Crippen molar-refractivity contribution < 1.29 is 0 Å². The van der Waals surface area contributed by atoms with Crippen LogP contribution in [-0.4, -0.2) is 5.54 Å². The summed E-state index contributed by atoms with van der Waals surface area (Å²) >= 11 is 0. The number of hydrogen-bond acceptors (Lipinski definition) is 1. The molecule has 0 aliphatic carbocycles. The van der Waals surface area contributed by atoms with E-state index in [9.17, 15) is 0 Å². The highest BCUT2D eigenvalue weighted by Crippen LogP contribution is 2.44. The molecule has 2 rings (SSSR count). The average Bonchev–Trinajstić information content (AvgIpc) is 2.86. The molecule has 0 fully saturated rings. The molecule has 0 spiro atoms. The molecular weight excluding hydrogens is 422 g/mol. The number of hydrogen-bond donors (Lipinski definition) is 1. The van der Waals surface area contributed by atoms with Crippen molar-refractivity contribution in [3.63, 3.8) is 0 Å². The van der Waals surface area contributed by atoms with Crippen molar-refractivity contribution in [2.24, 2.45) is 11.1 Å². The van der Waals surface area contributed by atoms with E-state index in [-0.39, 0.29) is 11.0 Å². The molecule has 2 aromatic rings. The van der Waals surface area contributed by atoms with Crippen LogP contribution in [0.5, 0.6) is 0 Å². The van der Waals surface area contributed by atoms with Gasteiger partial charge in [0.1, 0.15) is 0 Å². The summed E-state index contributed by atoms with van der Waals surface area (Å²) in [5.74, 6) is 0. The summed E-state index contributed by atoms with van der Waals surface area (Å²) in [5.41, 5.74) is 9.84. The lowest BCUT2D eigenvalue weighted by atomic mass is 9.62. The van der Waals surface area contributed by atoms with Crippen LogP contribution in [0.2, 0.25) is 0 Å². The fourth-order valence-electron chi connectivity index (χ4n) is 5.70. The van der Waals surface area contributed by atoms with E-state index in [4.69, 9.17) is 5.73 Å². The Hall–Kier alpha value is -1.60. The lowest BCUT2D eigenvalue weighted by molar-refractivity contribution is 0.103. The second-order valence-electron chi connectivity index (χ2n) is 11.6. The van der Waals surface area contributed by atoms with Crippen molar-refractivity contribution in [1.29, 1.82) is 0 Å². The largest absolute Gasteiger partial charge is 0.325 e. The zero-order valence-electron chi connectivity index (χ0n) is 23.4. The fraction of sp³-hybridized carbons (Fsp3) is 0.647. The standard InChI is InChI=1S/C34H55N/c1-4-5-6-7-8-9-10-11-12-13-14-21-28-34(33(2,3)35,29-26-31-22-17-15-18-23-31)30-27-32-24-19-16-20-25-32/h15-20,22-25H,4-14,21,26-30,35H2,1-3H3. The highest BCUT2D eigenvalue weighted by Gasteiger charge is 2.41. The second kappa shape index (κ2) is 17.0. The molecule has 1 heteroatoms. The van der Waals surface area contributed by atoms with Gasteiger partial charge in [-0.25, -0.2) is 0 Å². The Morgan fingerprint density at radius 3 is 1.26 bits per heavy atom. The van der Waals surface area contributed by atoms with Gasteiger partial charge in [0.05, 0.1) is 0 Å². The van der Waals surface area contributed by atoms with Crippen LogP contribution >= 0.6 is 0 Å². The Morgan fingerprint density at radius 1 is 0.514 bits per heavy atom. The molecule has 0 aromatic heterocycles. The van der Waals surface area contributed by atoms with E-state index in [1.54, 1.807) is 0 Å². The van der Waals surface area contributed by atoms with Gasteiger partial charge in [-0.3, -0.25) is 0 Å². The molecule has 0 bridgehead atoms. The van der Waals surface area contributed by atoms with Gasteiger partial charge in [-0.2, -0.15) is 0 Å². The minimum atomic E-state index is -0.186. The maximum absolute atomic E-state index is 6.98. The molecule has 0 saturated carbocycles. The highest BCUT2D eigenvalue weighted by atomic mass is 14.8. The van der Waals surface area contributed by atoms with Crippen molar-refractivity contribution in [3.8, 4) is 0 Å². The van der Waals surface area contributed by atoms with Gasteiger partial charge in [0.2, 0.25) is 0 Å². The van der Waals surface area contributed by atoms with Crippen molar-refractivity contribution in [2.45, 2.75) is 135 Å². The summed E-state index contributed by atoms with van der Waals surface area (Å²) < 4.78 is 0. The molecule has 2 N–H and O–H groups in total. The Bertz CT molecular complexity index is 700. The van der Waals surface area contributed by atoms with Crippen LogP contribution in [0.4, 0.5) is 0 Å². The number of benzene rings is 2. The van der Waals surface area contributed by atoms with Crippen molar-refractivity contribution in [3.05, 3.63) is 71.8 Å². The van der Waals surface area contributed by atoms with Gasteiger partial charge in [0.15, 0.2) is 0 Å². The van der Waals surface area contributed by atoms with Crippen LogP contribution in [0.3, 0.4) is 0 Å². The fourth-order valence-corrected chi connectivity index (χ4v) is 5.70. The molecule has 0 saturated heterocycles. The summed E-state index contributed by atoms with van der Waals surface area (Å²) in [4.78, 5) is 0. The molecule has 0 atom stereocenters. The van der Waals surface area contributed by atoms with E-state index in [0.29, 0.717) is 0 Å². The van der Waals surface area contributed by atoms with E-state index in [2.05, 4.69) is 81.4 Å². The Morgan fingerprint density at radius 2 is 0.886 bits per heavy atom. The van der Waals surface area contributed by atoms with Crippen LogP contribution in [-0.2, 0) is 12.8 Å². The first-order chi connectivity index (χ1) is 17.0. The first kappa shape index (κ1) is 29.6. The first-order valence-electron chi connectivity index (χ1n) is 14.8.